The molecule has 4 N–H and O–H groups in total. The fourth-order valence-electron chi connectivity index (χ4n) is 2.51. The van der Waals surface area contributed by atoms with Gasteiger partial charge < -0.3 is 15.8 Å². The number of fused-ring (bicyclic) bond motifs is 1. The van der Waals surface area contributed by atoms with Gasteiger partial charge >= 0.3 is 5.97 Å². The van der Waals surface area contributed by atoms with Crippen molar-refractivity contribution >= 4 is 18.0 Å². The predicted molar refractivity (Wildman–Crippen MR) is 78.3 cm³/mol. The normalized spacial score (nSPS) is 17.9. The lowest BCUT2D eigenvalue weighted by atomic mass is 9.82. The van der Waals surface area contributed by atoms with Gasteiger partial charge in [-0.3, -0.25) is 5.41 Å². The minimum atomic E-state index is -0.640. The van der Waals surface area contributed by atoms with Gasteiger partial charge in [0.05, 0.1) is 6.61 Å². The number of esters is 1. The second kappa shape index (κ2) is 6.23. The molecule has 1 aromatic carbocycles. The van der Waals surface area contributed by atoms with E-state index in [9.17, 15) is 4.79 Å². The number of benzene rings is 1. The number of rotatable bonds is 4. The Kier molecular flexibility index (Phi) is 4.40. The maximum absolute atomic E-state index is 12.1. The number of hydrogen-bond acceptors (Lipinski definition) is 3. The molecule has 0 radical (unpaired) electrons. The van der Waals surface area contributed by atoms with E-state index < -0.39 is 6.04 Å². The molecule has 2 atom stereocenters. The van der Waals surface area contributed by atoms with E-state index in [0.29, 0.717) is 13.0 Å². The lowest BCUT2D eigenvalue weighted by Gasteiger charge is -2.29. The van der Waals surface area contributed by atoms with Crippen molar-refractivity contribution in [3.8, 4) is 0 Å². The summed E-state index contributed by atoms with van der Waals surface area (Å²) in [6.07, 6.45) is 4.78. The zero-order valence-electron chi connectivity index (χ0n) is 11.4. The second-order valence-corrected chi connectivity index (χ2v) is 4.66. The molecule has 0 amide bonds. The van der Waals surface area contributed by atoms with E-state index in [2.05, 4.69) is 5.32 Å². The van der Waals surface area contributed by atoms with E-state index in [1.807, 2.05) is 36.4 Å². The first-order valence-electron chi connectivity index (χ1n) is 6.66. The predicted octanol–water partition coefficient (Wildman–Crippen LogP) is 1.60. The van der Waals surface area contributed by atoms with Crippen LogP contribution in [-0.2, 0) is 9.53 Å². The molecule has 0 spiro atoms. The molecule has 0 fully saturated rings. The first kappa shape index (κ1) is 14.1. The van der Waals surface area contributed by atoms with Crippen LogP contribution >= 0.6 is 0 Å². The Hall–Kier alpha value is -2.30. The molecule has 1 aromatic rings. The fourth-order valence-corrected chi connectivity index (χ4v) is 2.51. The van der Waals surface area contributed by atoms with Crippen LogP contribution in [0, 0.1) is 5.41 Å². The van der Waals surface area contributed by atoms with E-state index in [0.717, 1.165) is 11.1 Å². The number of allylic oxidation sites excluding steroid dienone is 1. The summed E-state index contributed by atoms with van der Waals surface area (Å²) in [4.78, 5) is 12.1. The zero-order valence-corrected chi connectivity index (χ0v) is 11.4. The van der Waals surface area contributed by atoms with Crippen LogP contribution in [-0.4, -0.2) is 24.6 Å². The van der Waals surface area contributed by atoms with Crippen molar-refractivity contribution in [3.63, 3.8) is 0 Å². The molecule has 0 saturated heterocycles. The lowest BCUT2D eigenvalue weighted by molar-refractivity contribution is -0.145. The van der Waals surface area contributed by atoms with Crippen LogP contribution in [0.1, 0.15) is 30.4 Å². The summed E-state index contributed by atoms with van der Waals surface area (Å²) in [6, 6.07) is 7.27. The Labute approximate surface area is 118 Å². The minimum absolute atomic E-state index is 0.0841. The van der Waals surface area contributed by atoms with Crippen LogP contribution in [0.3, 0.4) is 0 Å². The highest BCUT2D eigenvalue weighted by Gasteiger charge is 2.32. The van der Waals surface area contributed by atoms with Crippen LogP contribution in [0.15, 0.2) is 30.3 Å². The number of carbonyl (C=O) groups excluding carboxylic acids is 1. The van der Waals surface area contributed by atoms with Gasteiger partial charge in [0.2, 0.25) is 0 Å². The standard InChI is InChI=1S/C15H19N3O2/c1-2-20-14(19)13(18-15(16)17)12-9-5-7-10-6-3-4-8-11(10)12/h3-8,12-13H,2,9H2,1H3,(H4,16,17,18). The van der Waals surface area contributed by atoms with Gasteiger partial charge in [-0.05, 0) is 24.5 Å². The number of carbonyl (C=O) groups is 1. The van der Waals surface area contributed by atoms with Crippen LogP contribution in [0.5, 0.6) is 0 Å². The summed E-state index contributed by atoms with van der Waals surface area (Å²) < 4.78 is 5.10. The molecule has 1 aliphatic rings. The summed E-state index contributed by atoms with van der Waals surface area (Å²) >= 11 is 0. The van der Waals surface area contributed by atoms with Crippen LogP contribution in [0.25, 0.3) is 6.08 Å². The zero-order chi connectivity index (χ0) is 14.5. The molecule has 0 heterocycles. The quantitative estimate of drug-likeness (QED) is 0.442. The third-order valence-electron chi connectivity index (χ3n) is 3.34. The van der Waals surface area contributed by atoms with Gasteiger partial charge in [-0.2, -0.15) is 0 Å². The summed E-state index contributed by atoms with van der Waals surface area (Å²) in [5.74, 6) is -0.688. The topological polar surface area (TPSA) is 88.2 Å². The smallest absolute Gasteiger partial charge is 0.329 e. The summed E-state index contributed by atoms with van der Waals surface area (Å²) in [5.41, 5.74) is 7.56. The average molecular weight is 273 g/mol. The SMILES string of the molecule is CCOC(=O)C(NC(=N)N)C1CC=Cc2ccccc21. The van der Waals surface area contributed by atoms with Crippen molar-refractivity contribution < 1.29 is 9.53 Å². The monoisotopic (exact) mass is 273 g/mol. The largest absolute Gasteiger partial charge is 0.464 e. The van der Waals surface area contributed by atoms with Crippen molar-refractivity contribution in [2.24, 2.45) is 5.73 Å². The van der Waals surface area contributed by atoms with Gasteiger partial charge in [0.25, 0.3) is 0 Å². The lowest BCUT2D eigenvalue weighted by Crippen LogP contribution is -2.48. The molecular weight excluding hydrogens is 254 g/mol. The molecule has 0 saturated carbocycles. The maximum atomic E-state index is 12.1. The minimum Gasteiger partial charge on any atom is -0.464 e. The molecule has 5 heteroatoms. The number of nitrogens with two attached hydrogens (primary N) is 1. The summed E-state index contributed by atoms with van der Waals surface area (Å²) in [6.45, 7) is 2.07. The summed E-state index contributed by atoms with van der Waals surface area (Å²) in [5, 5.41) is 10.1. The van der Waals surface area contributed by atoms with Crippen molar-refractivity contribution in [2.45, 2.75) is 25.3 Å². The van der Waals surface area contributed by atoms with Crippen LogP contribution < -0.4 is 11.1 Å². The Bertz CT molecular complexity index is 540. The first-order valence-corrected chi connectivity index (χ1v) is 6.66. The van der Waals surface area contributed by atoms with Gasteiger partial charge in [-0.1, -0.05) is 36.4 Å². The van der Waals surface area contributed by atoms with E-state index in [-0.39, 0.29) is 17.8 Å². The van der Waals surface area contributed by atoms with E-state index in [4.69, 9.17) is 15.9 Å². The van der Waals surface area contributed by atoms with E-state index in [1.54, 1.807) is 6.92 Å². The average Bonchev–Trinajstić information content (AvgIpc) is 2.44. The molecule has 0 bridgehead atoms. The van der Waals surface area contributed by atoms with Gasteiger partial charge in [0.1, 0.15) is 6.04 Å². The molecule has 2 rings (SSSR count). The second-order valence-electron chi connectivity index (χ2n) is 4.66. The number of nitrogens with one attached hydrogen (secondary N) is 2. The van der Waals surface area contributed by atoms with Crippen molar-refractivity contribution in [1.29, 1.82) is 5.41 Å². The molecule has 0 aromatic heterocycles. The van der Waals surface area contributed by atoms with Gasteiger partial charge in [0.15, 0.2) is 5.96 Å². The Morgan fingerprint density at radius 3 is 3.00 bits per heavy atom. The molecule has 20 heavy (non-hydrogen) atoms. The number of hydrogen-bond donors (Lipinski definition) is 3. The third kappa shape index (κ3) is 2.99. The molecular formula is C15H19N3O2. The Balaban J connectivity index is 2.31. The van der Waals surface area contributed by atoms with Crippen molar-refractivity contribution in [2.75, 3.05) is 6.61 Å². The van der Waals surface area contributed by atoms with Crippen molar-refractivity contribution in [1.82, 2.24) is 5.32 Å². The van der Waals surface area contributed by atoms with Crippen molar-refractivity contribution in [3.05, 3.63) is 41.5 Å². The number of ether oxygens (including phenoxy) is 1. The Morgan fingerprint density at radius 1 is 1.55 bits per heavy atom. The first-order chi connectivity index (χ1) is 9.63. The van der Waals surface area contributed by atoms with E-state index >= 15 is 0 Å². The van der Waals surface area contributed by atoms with Crippen LogP contribution in [0.2, 0.25) is 0 Å². The highest BCUT2D eigenvalue weighted by molar-refractivity contribution is 5.85. The Morgan fingerprint density at radius 2 is 2.30 bits per heavy atom. The van der Waals surface area contributed by atoms with Gasteiger partial charge in [-0.15, -0.1) is 0 Å². The highest BCUT2D eigenvalue weighted by atomic mass is 16.5. The third-order valence-corrected chi connectivity index (χ3v) is 3.34. The molecule has 0 aliphatic heterocycles. The van der Waals surface area contributed by atoms with Crippen LogP contribution in [0.4, 0.5) is 0 Å². The van der Waals surface area contributed by atoms with Gasteiger partial charge in [-0.25, -0.2) is 4.79 Å². The molecule has 106 valence electrons. The maximum Gasteiger partial charge on any atom is 0.329 e. The molecule has 1 aliphatic carbocycles. The molecule has 2 unspecified atom stereocenters. The highest BCUT2D eigenvalue weighted by Crippen LogP contribution is 2.32. The number of guanidine groups is 1. The fraction of sp³-hybridized carbons (Fsp3) is 0.333. The van der Waals surface area contributed by atoms with E-state index in [1.165, 1.54) is 0 Å². The molecule has 5 nitrogen and oxygen atoms in total. The summed E-state index contributed by atoms with van der Waals surface area (Å²) in [7, 11) is 0. The van der Waals surface area contributed by atoms with Gasteiger partial charge in [0, 0.05) is 5.92 Å².